The van der Waals surface area contributed by atoms with Crippen LogP contribution in [0.5, 0.6) is 0 Å². The van der Waals surface area contributed by atoms with E-state index in [2.05, 4.69) is 50.8 Å². The van der Waals surface area contributed by atoms with Crippen LogP contribution in [0, 0.1) is 17.0 Å². The number of benzene rings is 1. The maximum atomic E-state index is 10.5. The topological polar surface area (TPSA) is 46.4 Å². The molecule has 0 fully saturated rings. The van der Waals surface area contributed by atoms with Crippen molar-refractivity contribution in [2.75, 3.05) is 11.4 Å². The Morgan fingerprint density at radius 1 is 1.33 bits per heavy atom. The first-order valence-corrected chi connectivity index (χ1v) is 7.20. The Hall–Kier alpha value is -2.10. The number of fused-ring (bicyclic) bond motifs is 1. The van der Waals surface area contributed by atoms with Crippen molar-refractivity contribution in [3.05, 3.63) is 51.2 Å². The number of allylic oxidation sites excluding steroid dienone is 1. The highest BCUT2D eigenvalue weighted by molar-refractivity contribution is 5.83. The second kappa shape index (κ2) is 5.35. The van der Waals surface area contributed by atoms with Gasteiger partial charge in [0.15, 0.2) is 0 Å². The van der Waals surface area contributed by atoms with Gasteiger partial charge >= 0.3 is 0 Å². The maximum Gasteiger partial charge on any atom is 0.235 e. The van der Waals surface area contributed by atoms with Crippen LogP contribution in [0.15, 0.2) is 24.4 Å². The molecule has 0 spiro atoms. The Morgan fingerprint density at radius 2 is 2.00 bits per heavy atom. The summed E-state index contributed by atoms with van der Waals surface area (Å²) in [5.74, 6) is 0. The van der Waals surface area contributed by atoms with E-state index in [4.69, 9.17) is 0 Å². The van der Waals surface area contributed by atoms with E-state index in [0.717, 1.165) is 29.4 Å². The Balaban J connectivity index is 2.59. The number of hydrogen-bond acceptors (Lipinski definition) is 3. The third-order valence-electron chi connectivity index (χ3n) is 4.06. The maximum absolute atomic E-state index is 10.5. The van der Waals surface area contributed by atoms with Gasteiger partial charge in [-0.1, -0.05) is 6.08 Å². The number of rotatable bonds is 3. The van der Waals surface area contributed by atoms with Gasteiger partial charge in [-0.3, -0.25) is 10.1 Å². The van der Waals surface area contributed by atoms with E-state index in [1.165, 1.54) is 11.3 Å². The normalized spacial score (nSPS) is 16.8. The Bertz CT molecular complexity index is 642. The lowest BCUT2D eigenvalue weighted by Gasteiger charge is -2.43. The van der Waals surface area contributed by atoms with E-state index in [1.54, 1.807) is 6.08 Å². The molecule has 0 saturated heterocycles. The fraction of sp³-hybridized carbons (Fsp3) is 0.412. The molecular formula is C17H22N2O2. The van der Waals surface area contributed by atoms with Crippen LogP contribution in [0.4, 0.5) is 5.69 Å². The highest BCUT2D eigenvalue weighted by atomic mass is 16.6. The molecule has 4 heteroatoms. The summed E-state index contributed by atoms with van der Waals surface area (Å²) >= 11 is 0. The van der Waals surface area contributed by atoms with E-state index in [1.807, 2.05) is 6.92 Å². The lowest BCUT2D eigenvalue weighted by atomic mass is 9.87. The molecule has 0 atom stereocenters. The molecule has 0 aliphatic carbocycles. The summed E-state index contributed by atoms with van der Waals surface area (Å²) in [5, 5.41) is 10.5. The molecule has 0 N–H and O–H groups in total. The van der Waals surface area contributed by atoms with Crippen molar-refractivity contribution in [2.45, 2.75) is 40.2 Å². The van der Waals surface area contributed by atoms with E-state index in [-0.39, 0.29) is 5.54 Å². The quantitative estimate of drug-likeness (QED) is 0.616. The third-order valence-corrected chi connectivity index (χ3v) is 4.06. The zero-order chi connectivity index (χ0) is 15.8. The summed E-state index contributed by atoms with van der Waals surface area (Å²) in [5.41, 5.74) is 5.51. The molecule has 4 nitrogen and oxygen atoms in total. The van der Waals surface area contributed by atoms with Crippen LogP contribution < -0.4 is 4.90 Å². The zero-order valence-corrected chi connectivity index (χ0v) is 13.3. The second-order valence-electron chi connectivity index (χ2n) is 6.05. The summed E-state index contributed by atoms with van der Waals surface area (Å²) in [7, 11) is 0. The molecule has 112 valence electrons. The molecule has 21 heavy (non-hydrogen) atoms. The van der Waals surface area contributed by atoms with Gasteiger partial charge in [-0.15, -0.1) is 0 Å². The molecule has 0 amide bonds. The number of nitro groups is 1. The van der Waals surface area contributed by atoms with Gasteiger partial charge in [0.05, 0.1) is 10.5 Å². The van der Waals surface area contributed by atoms with Crippen LogP contribution in [-0.2, 0) is 0 Å². The molecule has 2 rings (SSSR count). The number of nitrogens with zero attached hydrogens (tertiary/aromatic N) is 2. The first-order valence-electron chi connectivity index (χ1n) is 7.20. The minimum atomic E-state index is -0.428. The SMILES string of the molecule is CCN1c2cc(C)c(/C=C\[N+](=O)[O-])cc2C(C)=CC1(C)C. The van der Waals surface area contributed by atoms with E-state index >= 15 is 0 Å². The molecule has 1 aromatic carbocycles. The first-order chi connectivity index (χ1) is 9.76. The minimum absolute atomic E-state index is 0.0174. The lowest BCUT2D eigenvalue weighted by molar-refractivity contribution is -0.400. The van der Waals surface area contributed by atoms with Crippen molar-refractivity contribution in [2.24, 2.45) is 0 Å². The molecule has 1 aliphatic heterocycles. The Labute approximate surface area is 125 Å². The van der Waals surface area contributed by atoms with Gasteiger partial charge in [-0.25, -0.2) is 0 Å². The van der Waals surface area contributed by atoms with Crippen LogP contribution >= 0.6 is 0 Å². The fourth-order valence-corrected chi connectivity index (χ4v) is 3.14. The number of hydrogen-bond donors (Lipinski definition) is 0. The summed E-state index contributed by atoms with van der Waals surface area (Å²) < 4.78 is 0. The summed E-state index contributed by atoms with van der Waals surface area (Å²) in [4.78, 5) is 12.5. The molecule has 0 radical (unpaired) electrons. The van der Waals surface area contributed by atoms with Crippen molar-refractivity contribution in [3.63, 3.8) is 0 Å². The summed E-state index contributed by atoms with van der Waals surface area (Å²) in [6.45, 7) is 11.6. The first kappa shape index (κ1) is 15.3. The van der Waals surface area contributed by atoms with Crippen molar-refractivity contribution < 1.29 is 4.92 Å². The third kappa shape index (κ3) is 2.84. The van der Waals surface area contributed by atoms with Crippen molar-refractivity contribution in [3.8, 4) is 0 Å². The largest absolute Gasteiger partial charge is 0.363 e. The monoisotopic (exact) mass is 286 g/mol. The van der Waals surface area contributed by atoms with Gasteiger partial charge in [-0.05, 0) is 63.5 Å². The van der Waals surface area contributed by atoms with Crippen LogP contribution in [0.1, 0.15) is 44.4 Å². The number of anilines is 1. The standard InChI is InChI=1S/C17H22N2O2/c1-6-18-16-9-12(2)14(7-8-19(20)21)10-15(16)13(3)11-17(18,4)5/h7-11H,6H2,1-5H3/b8-7-. The fourth-order valence-electron chi connectivity index (χ4n) is 3.14. The van der Waals surface area contributed by atoms with Gasteiger partial charge < -0.3 is 4.90 Å². The van der Waals surface area contributed by atoms with Gasteiger partial charge in [-0.2, -0.15) is 0 Å². The zero-order valence-electron chi connectivity index (χ0n) is 13.3. The molecule has 0 saturated carbocycles. The highest BCUT2D eigenvalue weighted by Crippen LogP contribution is 2.40. The van der Waals surface area contributed by atoms with E-state index in [0.29, 0.717) is 0 Å². The van der Waals surface area contributed by atoms with Gasteiger partial charge in [0, 0.05) is 23.9 Å². The highest BCUT2D eigenvalue weighted by Gasteiger charge is 2.30. The Morgan fingerprint density at radius 3 is 2.57 bits per heavy atom. The van der Waals surface area contributed by atoms with Crippen molar-refractivity contribution in [1.29, 1.82) is 0 Å². The number of likely N-dealkylation sites (N-methyl/N-ethyl adjacent to an activating group) is 1. The summed E-state index contributed by atoms with van der Waals surface area (Å²) in [6, 6.07) is 4.19. The minimum Gasteiger partial charge on any atom is -0.363 e. The van der Waals surface area contributed by atoms with Crippen molar-refractivity contribution in [1.82, 2.24) is 0 Å². The molecule has 0 aromatic heterocycles. The molecule has 1 heterocycles. The van der Waals surface area contributed by atoms with Crippen LogP contribution in [0.3, 0.4) is 0 Å². The molecule has 1 aliphatic rings. The van der Waals surface area contributed by atoms with Crippen LogP contribution in [-0.4, -0.2) is 17.0 Å². The predicted octanol–water partition coefficient (Wildman–Crippen LogP) is 4.26. The van der Waals surface area contributed by atoms with Gasteiger partial charge in [0.25, 0.3) is 0 Å². The van der Waals surface area contributed by atoms with Crippen molar-refractivity contribution >= 4 is 17.3 Å². The Kier molecular flexibility index (Phi) is 3.90. The molecule has 0 unspecified atom stereocenters. The van der Waals surface area contributed by atoms with E-state index < -0.39 is 4.92 Å². The van der Waals surface area contributed by atoms with Crippen LogP contribution in [0.2, 0.25) is 0 Å². The molecule has 0 bridgehead atoms. The van der Waals surface area contributed by atoms with Crippen LogP contribution in [0.25, 0.3) is 11.6 Å². The average Bonchev–Trinajstić information content (AvgIpc) is 2.36. The smallest absolute Gasteiger partial charge is 0.235 e. The van der Waals surface area contributed by atoms with Gasteiger partial charge in [0.1, 0.15) is 0 Å². The van der Waals surface area contributed by atoms with E-state index in [9.17, 15) is 10.1 Å². The second-order valence-corrected chi connectivity index (χ2v) is 6.05. The van der Waals surface area contributed by atoms with Gasteiger partial charge in [0.2, 0.25) is 6.20 Å². The average molecular weight is 286 g/mol. The number of aryl methyl sites for hydroxylation is 1. The molecular weight excluding hydrogens is 264 g/mol. The lowest BCUT2D eigenvalue weighted by Crippen LogP contribution is -2.44. The summed E-state index contributed by atoms with van der Waals surface area (Å²) in [6.07, 6.45) is 4.83. The predicted molar refractivity (Wildman–Crippen MR) is 88.0 cm³/mol. The molecule has 1 aromatic rings.